The van der Waals surface area contributed by atoms with Crippen LogP contribution < -0.4 is 4.74 Å². The number of carboxylic acid groups (broad SMARTS) is 1. The third-order valence-corrected chi connectivity index (χ3v) is 4.75. The Labute approximate surface area is 144 Å². The van der Waals surface area contributed by atoms with E-state index in [1.165, 1.54) is 0 Å². The van der Waals surface area contributed by atoms with Gasteiger partial charge in [0.05, 0.1) is 10.4 Å². The van der Waals surface area contributed by atoms with Gasteiger partial charge >= 0.3 is 5.97 Å². The highest BCUT2D eigenvalue weighted by Crippen LogP contribution is 2.27. The van der Waals surface area contributed by atoms with Crippen LogP contribution in [0.4, 0.5) is 0 Å². The smallest absolute Gasteiger partial charge is 0.306 e. The van der Waals surface area contributed by atoms with E-state index in [2.05, 4.69) is 15.9 Å². The molecule has 1 aliphatic rings. The van der Waals surface area contributed by atoms with Crippen LogP contribution in [0.3, 0.4) is 0 Å². The normalized spacial score (nSPS) is 17.1. The Hall–Kier alpha value is -1.56. The summed E-state index contributed by atoms with van der Waals surface area (Å²) in [5.74, 6) is -0.533. The van der Waals surface area contributed by atoms with Gasteiger partial charge in [0, 0.05) is 13.1 Å². The van der Waals surface area contributed by atoms with Crippen LogP contribution in [0.5, 0.6) is 5.75 Å². The zero-order chi connectivity index (χ0) is 17.0. The van der Waals surface area contributed by atoms with Gasteiger partial charge in [-0.1, -0.05) is 26.0 Å². The highest BCUT2D eigenvalue weighted by atomic mass is 79.9. The first-order valence-corrected chi connectivity index (χ1v) is 8.62. The van der Waals surface area contributed by atoms with Crippen molar-refractivity contribution in [3.8, 4) is 5.75 Å². The maximum absolute atomic E-state index is 12.8. The number of carbonyl (C=O) groups excluding carboxylic acids is 1. The van der Waals surface area contributed by atoms with E-state index in [4.69, 9.17) is 9.84 Å². The number of piperidine rings is 1. The molecule has 5 nitrogen and oxygen atoms in total. The molecule has 0 saturated carbocycles. The van der Waals surface area contributed by atoms with Crippen LogP contribution in [0.25, 0.3) is 0 Å². The summed E-state index contributed by atoms with van der Waals surface area (Å²) in [7, 11) is 0. The number of ether oxygens (including phenoxy) is 1. The largest absolute Gasteiger partial charge is 0.481 e. The lowest BCUT2D eigenvalue weighted by atomic mass is 9.96. The maximum atomic E-state index is 12.8. The highest BCUT2D eigenvalue weighted by Gasteiger charge is 2.33. The predicted octanol–water partition coefficient (Wildman–Crippen LogP) is 3.18. The van der Waals surface area contributed by atoms with E-state index in [-0.39, 0.29) is 17.7 Å². The standard InChI is InChI=1S/C17H22BrNO4/c1-11(2)15(23-14-6-4-3-5-13(14)18)16(20)19-9-7-12(8-10-19)17(21)22/h3-6,11-12,15H,7-10H2,1-2H3,(H,21,22)/t15-/m1/s1. The zero-order valence-electron chi connectivity index (χ0n) is 13.4. The maximum Gasteiger partial charge on any atom is 0.306 e. The summed E-state index contributed by atoms with van der Waals surface area (Å²) < 4.78 is 6.75. The van der Waals surface area contributed by atoms with E-state index in [9.17, 15) is 9.59 Å². The highest BCUT2D eigenvalue weighted by molar-refractivity contribution is 9.10. The average Bonchev–Trinajstić information content (AvgIpc) is 2.53. The number of carboxylic acids is 1. The number of likely N-dealkylation sites (tertiary alicyclic amines) is 1. The van der Waals surface area contributed by atoms with Gasteiger partial charge in [0.15, 0.2) is 6.10 Å². The molecule has 0 unspecified atom stereocenters. The number of nitrogens with zero attached hydrogens (tertiary/aromatic N) is 1. The lowest BCUT2D eigenvalue weighted by molar-refractivity contribution is -0.148. The minimum atomic E-state index is -0.776. The van der Waals surface area contributed by atoms with Crippen molar-refractivity contribution in [2.75, 3.05) is 13.1 Å². The van der Waals surface area contributed by atoms with Crippen LogP contribution in [0, 0.1) is 11.8 Å². The van der Waals surface area contributed by atoms with Crippen LogP contribution in [-0.4, -0.2) is 41.1 Å². The van der Waals surface area contributed by atoms with Gasteiger partial charge in [0.1, 0.15) is 5.75 Å². The molecule has 1 amide bonds. The minimum absolute atomic E-state index is 0.0202. The lowest BCUT2D eigenvalue weighted by Crippen LogP contribution is -2.48. The van der Waals surface area contributed by atoms with E-state index in [1.54, 1.807) is 4.90 Å². The number of benzene rings is 1. The number of aliphatic carboxylic acids is 1. The summed E-state index contributed by atoms with van der Waals surface area (Å²) in [5.41, 5.74) is 0. The Morgan fingerprint density at radius 2 is 1.87 bits per heavy atom. The first kappa shape index (κ1) is 17.8. The summed E-state index contributed by atoms with van der Waals surface area (Å²) in [6.07, 6.45) is 0.428. The molecule has 1 aromatic rings. The van der Waals surface area contributed by atoms with E-state index in [0.717, 1.165) is 4.47 Å². The number of carbonyl (C=O) groups is 2. The fraction of sp³-hybridized carbons (Fsp3) is 0.529. The van der Waals surface area contributed by atoms with Crippen molar-refractivity contribution >= 4 is 27.8 Å². The number of rotatable bonds is 5. The van der Waals surface area contributed by atoms with Crippen LogP contribution in [0.2, 0.25) is 0 Å². The summed E-state index contributed by atoms with van der Waals surface area (Å²) >= 11 is 3.43. The van der Waals surface area contributed by atoms with Crippen LogP contribution in [0.15, 0.2) is 28.7 Å². The molecule has 1 N–H and O–H groups in total. The van der Waals surface area contributed by atoms with E-state index in [0.29, 0.717) is 31.7 Å². The Morgan fingerprint density at radius 1 is 1.26 bits per heavy atom. The van der Waals surface area contributed by atoms with E-state index >= 15 is 0 Å². The van der Waals surface area contributed by atoms with Gasteiger partial charge in [-0.2, -0.15) is 0 Å². The third-order valence-electron chi connectivity index (χ3n) is 4.10. The first-order chi connectivity index (χ1) is 10.9. The van der Waals surface area contributed by atoms with Crippen LogP contribution in [0.1, 0.15) is 26.7 Å². The number of amides is 1. The summed E-state index contributed by atoms with van der Waals surface area (Å²) in [4.78, 5) is 25.5. The van der Waals surface area contributed by atoms with Gasteiger partial charge in [0.2, 0.25) is 0 Å². The second-order valence-corrected chi connectivity index (χ2v) is 7.01. The van der Waals surface area contributed by atoms with Gasteiger partial charge in [-0.25, -0.2) is 0 Å². The van der Waals surface area contributed by atoms with Crippen molar-refractivity contribution in [2.24, 2.45) is 11.8 Å². The molecule has 126 valence electrons. The van der Waals surface area contributed by atoms with Crippen molar-refractivity contribution in [2.45, 2.75) is 32.8 Å². The molecule has 1 fully saturated rings. The molecular weight excluding hydrogens is 362 g/mol. The van der Waals surface area contributed by atoms with Crippen molar-refractivity contribution in [3.63, 3.8) is 0 Å². The summed E-state index contributed by atoms with van der Waals surface area (Å²) in [6, 6.07) is 7.44. The van der Waals surface area contributed by atoms with E-state index in [1.807, 2.05) is 38.1 Å². The monoisotopic (exact) mass is 383 g/mol. The zero-order valence-corrected chi connectivity index (χ0v) is 15.0. The van der Waals surface area contributed by atoms with Gasteiger partial charge < -0.3 is 14.7 Å². The third kappa shape index (κ3) is 4.47. The van der Waals surface area contributed by atoms with Gasteiger partial charge in [0.25, 0.3) is 5.91 Å². The molecule has 0 radical (unpaired) electrons. The first-order valence-electron chi connectivity index (χ1n) is 7.83. The molecule has 6 heteroatoms. The molecule has 2 rings (SSSR count). The number of hydrogen-bond donors (Lipinski definition) is 1. The molecule has 0 spiro atoms. The Balaban J connectivity index is 2.05. The molecule has 23 heavy (non-hydrogen) atoms. The Morgan fingerprint density at radius 3 is 2.39 bits per heavy atom. The molecule has 1 aliphatic heterocycles. The quantitative estimate of drug-likeness (QED) is 0.847. The van der Waals surface area contributed by atoms with Crippen LogP contribution >= 0.6 is 15.9 Å². The Bertz CT molecular complexity index is 567. The van der Waals surface area contributed by atoms with Crippen LogP contribution in [-0.2, 0) is 9.59 Å². The molecule has 0 aromatic heterocycles. The summed E-state index contributed by atoms with van der Waals surface area (Å²) in [5, 5.41) is 9.05. The minimum Gasteiger partial charge on any atom is -0.481 e. The van der Waals surface area contributed by atoms with Gasteiger partial charge in [-0.3, -0.25) is 9.59 Å². The number of para-hydroxylation sites is 1. The van der Waals surface area contributed by atoms with Crippen molar-refractivity contribution in [1.82, 2.24) is 4.90 Å². The van der Waals surface area contributed by atoms with Crippen molar-refractivity contribution in [3.05, 3.63) is 28.7 Å². The second kappa shape index (κ2) is 7.81. The molecule has 0 aliphatic carbocycles. The van der Waals surface area contributed by atoms with E-state index < -0.39 is 12.1 Å². The van der Waals surface area contributed by atoms with Gasteiger partial charge in [-0.15, -0.1) is 0 Å². The SMILES string of the molecule is CC(C)[C@@H](Oc1ccccc1Br)C(=O)N1CCC(C(=O)O)CC1. The van der Waals surface area contributed by atoms with Gasteiger partial charge in [-0.05, 0) is 46.8 Å². The molecule has 1 saturated heterocycles. The fourth-order valence-corrected chi connectivity index (χ4v) is 3.05. The number of halogens is 1. The molecular formula is C17H22BrNO4. The number of hydrogen-bond acceptors (Lipinski definition) is 3. The average molecular weight is 384 g/mol. The fourth-order valence-electron chi connectivity index (χ4n) is 2.68. The topological polar surface area (TPSA) is 66.8 Å². The predicted molar refractivity (Wildman–Crippen MR) is 90.3 cm³/mol. The van der Waals surface area contributed by atoms with Crippen molar-refractivity contribution < 1.29 is 19.4 Å². The molecule has 0 bridgehead atoms. The Kier molecular flexibility index (Phi) is 6.04. The van der Waals surface area contributed by atoms with Crippen molar-refractivity contribution in [1.29, 1.82) is 0 Å². The summed E-state index contributed by atoms with van der Waals surface area (Å²) in [6.45, 7) is 4.84. The second-order valence-electron chi connectivity index (χ2n) is 6.15. The molecule has 1 aromatic carbocycles. The lowest BCUT2D eigenvalue weighted by Gasteiger charge is -2.34. The molecule has 1 heterocycles. The molecule has 1 atom stereocenters.